The summed E-state index contributed by atoms with van der Waals surface area (Å²) in [5, 5.41) is 16.9. The predicted octanol–water partition coefficient (Wildman–Crippen LogP) is 1.54. The lowest BCUT2D eigenvalue weighted by molar-refractivity contribution is 0.752. The second kappa shape index (κ2) is 3.81. The van der Waals surface area contributed by atoms with Crippen LogP contribution >= 0.6 is 0 Å². The van der Waals surface area contributed by atoms with Crippen LogP contribution in [0.5, 0.6) is 0 Å². The number of nitrogens with zero attached hydrogens (tertiary/aromatic N) is 3. The summed E-state index contributed by atoms with van der Waals surface area (Å²) in [4.78, 5) is 4.32. The first kappa shape index (κ1) is 10.7. The van der Waals surface area contributed by atoms with E-state index >= 15 is 0 Å². The van der Waals surface area contributed by atoms with Gasteiger partial charge in [-0.25, -0.2) is 4.98 Å². The minimum atomic E-state index is 0.174. The van der Waals surface area contributed by atoms with Gasteiger partial charge in [0.25, 0.3) is 0 Å². The summed E-state index contributed by atoms with van der Waals surface area (Å²) in [5.41, 5.74) is 4.69. The number of aryl methyl sites for hydroxylation is 2. The lowest BCUT2D eigenvalue weighted by Crippen LogP contribution is -2.27. The third-order valence-corrected chi connectivity index (χ3v) is 3.42. The van der Waals surface area contributed by atoms with E-state index in [0.29, 0.717) is 0 Å². The van der Waals surface area contributed by atoms with E-state index in [0.717, 1.165) is 29.8 Å². The molecule has 1 heterocycles. The molecule has 0 unspecified atom stereocenters. The minimum Gasteiger partial charge on any atom is -0.325 e. The Balaban J connectivity index is 2.39. The van der Waals surface area contributed by atoms with Gasteiger partial charge in [0.15, 0.2) is 11.2 Å². The van der Waals surface area contributed by atoms with Crippen molar-refractivity contribution in [1.29, 1.82) is 10.7 Å². The average Bonchev–Trinajstić information content (AvgIpc) is 2.42. The number of benzene rings is 1. The first-order valence-electron chi connectivity index (χ1n) is 5.85. The zero-order valence-corrected chi connectivity index (χ0v) is 10.1. The van der Waals surface area contributed by atoms with Crippen LogP contribution in [0.2, 0.25) is 0 Å². The monoisotopic (exact) mass is 236 g/mol. The predicted molar refractivity (Wildman–Crippen MR) is 66.6 cm³/mol. The zero-order chi connectivity index (χ0) is 12.7. The first-order chi connectivity index (χ1) is 8.72. The molecule has 4 nitrogen and oxygen atoms in total. The lowest BCUT2D eigenvalue weighted by Gasteiger charge is -2.22. The van der Waals surface area contributed by atoms with Crippen molar-refractivity contribution in [2.24, 2.45) is 7.05 Å². The molecule has 88 valence electrons. The molecule has 0 saturated carbocycles. The van der Waals surface area contributed by atoms with Crippen LogP contribution in [0.4, 0.5) is 0 Å². The summed E-state index contributed by atoms with van der Waals surface area (Å²) < 4.78 is 1.76. The zero-order valence-electron chi connectivity index (χ0n) is 10.1. The average molecular weight is 236 g/mol. The van der Waals surface area contributed by atoms with E-state index in [1.54, 1.807) is 4.57 Å². The van der Waals surface area contributed by atoms with Crippen LogP contribution < -0.4 is 5.49 Å². The summed E-state index contributed by atoms with van der Waals surface area (Å²) >= 11 is 0. The van der Waals surface area contributed by atoms with Crippen molar-refractivity contribution in [3.63, 3.8) is 0 Å². The molecule has 0 atom stereocenters. The highest BCUT2D eigenvalue weighted by atomic mass is 15.0. The molecule has 1 N–H and O–H groups in total. The molecule has 0 fully saturated rings. The molecular formula is C14H12N4. The molecule has 4 heteroatoms. The summed E-state index contributed by atoms with van der Waals surface area (Å²) in [7, 11) is 1.83. The number of nitrogens with one attached hydrogen (secondary N) is 1. The Morgan fingerprint density at radius 3 is 2.89 bits per heavy atom. The van der Waals surface area contributed by atoms with E-state index in [1.165, 1.54) is 5.56 Å². The number of nitriles is 1. The Hall–Kier alpha value is -2.41. The van der Waals surface area contributed by atoms with Crippen LogP contribution in [0, 0.1) is 16.7 Å². The summed E-state index contributed by atoms with van der Waals surface area (Å²) in [6.45, 7) is 0. The summed E-state index contributed by atoms with van der Waals surface area (Å²) in [5.74, 6) is 0. The standard InChI is InChI=1S/C14H12N4/c1-18-13-10-5-3-2-4-9(10)6-7-11(13)17-12(8-15)14(18)16/h2-5,16H,6-7H2,1H3. The van der Waals surface area contributed by atoms with Gasteiger partial charge in [-0.2, -0.15) is 5.26 Å². The lowest BCUT2D eigenvalue weighted by atomic mass is 9.91. The van der Waals surface area contributed by atoms with Gasteiger partial charge in [0, 0.05) is 12.6 Å². The van der Waals surface area contributed by atoms with Crippen LogP contribution in [-0.2, 0) is 19.9 Å². The molecule has 1 aromatic heterocycles. The van der Waals surface area contributed by atoms with Crippen molar-refractivity contribution < 1.29 is 0 Å². The number of hydrogen-bond donors (Lipinski definition) is 1. The Kier molecular flexibility index (Phi) is 2.27. The van der Waals surface area contributed by atoms with Crippen LogP contribution in [0.15, 0.2) is 24.3 Å². The number of aromatic nitrogens is 2. The van der Waals surface area contributed by atoms with E-state index in [1.807, 2.05) is 25.2 Å². The second-order valence-electron chi connectivity index (χ2n) is 4.43. The Morgan fingerprint density at radius 2 is 2.11 bits per heavy atom. The van der Waals surface area contributed by atoms with Crippen molar-refractivity contribution >= 4 is 0 Å². The maximum absolute atomic E-state index is 8.99. The maximum Gasteiger partial charge on any atom is 0.183 e. The highest BCUT2D eigenvalue weighted by Crippen LogP contribution is 2.30. The Morgan fingerprint density at radius 1 is 1.33 bits per heavy atom. The molecule has 1 aliphatic carbocycles. The molecule has 18 heavy (non-hydrogen) atoms. The minimum absolute atomic E-state index is 0.174. The summed E-state index contributed by atoms with van der Waals surface area (Å²) in [6, 6.07) is 10.2. The van der Waals surface area contributed by atoms with Gasteiger partial charge in [-0.1, -0.05) is 24.3 Å². The van der Waals surface area contributed by atoms with Gasteiger partial charge < -0.3 is 4.57 Å². The van der Waals surface area contributed by atoms with E-state index in [4.69, 9.17) is 10.7 Å². The van der Waals surface area contributed by atoms with Gasteiger partial charge >= 0.3 is 0 Å². The second-order valence-corrected chi connectivity index (χ2v) is 4.43. The largest absolute Gasteiger partial charge is 0.325 e. The molecule has 1 aliphatic rings. The van der Waals surface area contributed by atoms with Gasteiger partial charge in [-0.3, -0.25) is 5.41 Å². The van der Waals surface area contributed by atoms with Crippen molar-refractivity contribution in [2.45, 2.75) is 12.8 Å². The first-order valence-corrected chi connectivity index (χ1v) is 5.85. The number of fused-ring (bicyclic) bond motifs is 3. The van der Waals surface area contributed by atoms with Crippen molar-refractivity contribution in [1.82, 2.24) is 9.55 Å². The number of rotatable bonds is 0. The number of hydrogen-bond acceptors (Lipinski definition) is 3. The van der Waals surface area contributed by atoms with Crippen LogP contribution in [0.3, 0.4) is 0 Å². The topological polar surface area (TPSA) is 65.5 Å². The highest BCUT2D eigenvalue weighted by Gasteiger charge is 2.20. The molecule has 3 rings (SSSR count). The van der Waals surface area contributed by atoms with Gasteiger partial charge in [0.1, 0.15) is 6.07 Å². The van der Waals surface area contributed by atoms with Gasteiger partial charge in [-0.15, -0.1) is 0 Å². The highest BCUT2D eigenvalue weighted by molar-refractivity contribution is 5.68. The fourth-order valence-electron chi connectivity index (χ4n) is 2.52. The fraction of sp³-hybridized carbons (Fsp3) is 0.214. The van der Waals surface area contributed by atoms with E-state index in [2.05, 4.69) is 17.1 Å². The van der Waals surface area contributed by atoms with Gasteiger partial charge in [-0.05, 0) is 18.4 Å². The van der Waals surface area contributed by atoms with Crippen molar-refractivity contribution in [3.8, 4) is 17.3 Å². The van der Waals surface area contributed by atoms with Gasteiger partial charge in [0.2, 0.25) is 0 Å². The third-order valence-electron chi connectivity index (χ3n) is 3.42. The molecule has 0 aliphatic heterocycles. The molecule has 0 spiro atoms. The van der Waals surface area contributed by atoms with Gasteiger partial charge in [0.05, 0.1) is 11.4 Å². The van der Waals surface area contributed by atoms with E-state index < -0.39 is 0 Å². The van der Waals surface area contributed by atoms with Crippen molar-refractivity contribution in [3.05, 3.63) is 46.7 Å². The molecule has 0 amide bonds. The normalized spacial score (nSPS) is 12.4. The molecule has 1 aromatic carbocycles. The molecular weight excluding hydrogens is 224 g/mol. The molecule has 2 aromatic rings. The van der Waals surface area contributed by atoms with E-state index in [-0.39, 0.29) is 11.2 Å². The maximum atomic E-state index is 8.99. The fourth-order valence-corrected chi connectivity index (χ4v) is 2.52. The quantitative estimate of drug-likeness (QED) is 0.754. The van der Waals surface area contributed by atoms with E-state index in [9.17, 15) is 0 Å². The van der Waals surface area contributed by atoms with Crippen LogP contribution in [0.1, 0.15) is 17.0 Å². The van der Waals surface area contributed by atoms with Crippen LogP contribution in [-0.4, -0.2) is 9.55 Å². The third kappa shape index (κ3) is 1.37. The SMILES string of the molecule is Cn1c2c(nc(C#N)c1=N)CCc1ccccc1-2. The Bertz CT molecular complexity index is 734. The molecule has 0 bridgehead atoms. The molecule has 0 radical (unpaired) electrons. The summed E-state index contributed by atoms with van der Waals surface area (Å²) in [6.07, 6.45) is 1.77. The van der Waals surface area contributed by atoms with Crippen molar-refractivity contribution in [2.75, 3.05) is 0 Å². The Labute approximate surface area is 105 Å². The smallest absolute Gasteiger partial charge is 0.183 e. The van der Waals surface area contributed by atoms with Crippen LogP contribution in [0.25, 0.3) is 11.3 Å². The molecule has 0 saturated heterocycles.